The second-order valence-corrected chi connectivity index (χ2v) is 11.2. The van der Waals surface area contributed by atoms with Gasteiger partial charge in [0.1, 0.15) is 0 Å². The van der Waals surface area contributed by atoms with Crippen LogP contribution in [-0.2, 0) is 0 Å². The molecule has 0 aliphatic carbocycles. The van der Waals surface area contributed by atoms with Crippen molar-refractivity contribution in [3.63, 3.8) is 0 Å². The molecule has 2 nitrogen and oxygen atoms in total. The molecule has 0 saturated carbocycles. The first-order valence-corrected chi connectivity index (χ1v) is 15.7. The van der Waals surface area contributed by atoms with Crippen LogP contribution in [-0.4, -0.2) is 29.6 Å². The minimum absolute atomic E-state index is 0.432. The average molecular weight is 508 g/mol. The Kier molecular flexibility index (Phi) is 22.1. The predicted molar refractivity (Wildman–Crippen MR) is 157 cm³/mol. The summed E-state index contributed by atoms with van der Waals surface area (Å²) in [6, 6.07) is 7.70. The molecule has 0 saturated heterocycles. The number of hydrogen-bond donors (Lipinski definition) is 1. The maximum atomic E-state index is 10.8. The molecule has 0 amide bonds. The molecule has 3 heteroatoms. The van der Waals surface area contributed by atoms with Crippen LogP contribution in [0.5, 0.6) is 0 Å². The third-order valence-corrected chi connectivity index (χ3v) is 7.59. The van der Waals surface area contributed by atoms with Crippen LogP contribution < -0.4 is 0 Å². The molecule has 0 aromatic heterocycles. The van der Waals surface area contributed by atoms with Crippen molar-refractivity contribution in [2.75, 3.05) is 19.6 Å². The molecule has 0 bridgehead atoms. The Morgan fingerprint density at radius 2 is 0.914 bits per heavy atom. The number of benzene rings is 1. The number of aliphatic hydroxyl groups is 1. The fraction of sp³-hybridized carbons (Fsp3) is 0.812. The molecule has 1 rings (SSSR count). The summed E-state index contributed by atoms with van der Waals surface area (Å²) < 4.78 is 0. The van der Waals surface area contributed by atoms with Crippen molar-refractivity contribution in [1.29, 1.82) is 0 Å². The van der Waals surface area contributed by atoms with Gasteiger partial charge in [-0.05, 0) is 43.6 Å². The van der Waals surface area contributed by atoms with Crippen LogP contribution in [0.3, 0.4) is 0 Å². The summed E-state index contributed by atoms with van der Waals surface area (Å²) in [6.07, 6.45) is 27.0. The highest BCUT2D eigenvalue weighted by Crippen LogP contribution is 2.19. The Morgan fingerprint density at radius 1 is 0.571 bits per heavy atom. The lowest BCUT2D eigenvalue weighted by molar-refractivity contribution is 0.110. The van der Waals surface area contributed by atoms with Gasteiger partial charge in [0.05, 0.1) is 6.10 Å². The minimum atomic E-state index is -0.432. The topological polar surface area (TPSA) is 23.5 Å². The first kappa shape index (κ1) is 32.5. The summed E-state index contributed by atoms with van der Waals surface area (Å²) in [5.74, 6) is 0. The predicted octanol–water partition coefficient (Wildman–Crippen LogP) is 10.5. The second kappa shape index (κ2) is 23.8. The van der Waals surface area contributed by atoms with Crippen molar-refractivity contribution >= 4 is 11.6 Å². The molecule has 204 valence electrons. The second-order valence-electron chi connectivity index (χ2n) is 10.7. The summed E-state index contributed by atoms with van der Waals surface area (Å²) >= 11 is 6.03. The fourth-order valence-electron chi connectivity index (χ4n) is 4.97. The molecule has 0 fully saturated rings. The van der Waals surface area contributed by atoms with Gasteiger partial charge in [-0.25, -0.2) is 0 Å². The summed E-state index contributed by atoms with van der Waals surface area (Å²) in [5, 5.41) is 11.5. The van der Waals surface area contributed by atoms with E-state index in [1.54, 1.807) is 0 Å². The molecule has 0 spiro atoms. The lowest BCUT2D eigenvalue weighted by atomic mass is 10.1. The maximum absolute atomic E-state index is 10.8. The molecular weight excluding hydrogens is 450 g/mol. The third kappa shape index (κ3) is 19.2. The Bertz CT molecular complexity index is 537. The van der Waals surface area contributed by atoms with Gasteiger partial charge in [0.25, 0.3) is 0 Å². The van der Waals surface area contributed by atoms with Crippen molar-refractivity contribution in [3.05, 3.63) is 34.9 Å². The van der Waals surface area contributed by atoms with E-state index >= 15 is 0 Å². The minimum Gasteiger partial charge on any atom is -0.387 e. The van der Waals surface area contributed by atoms with Crippen LogP contribution in [0.4, 0.5) is 0 Å². The summed E-state index contributed by atoms with van der Waals surface area (Å²) in [4.78, 5) is 2.51. The van der Waals surface area contributed by atoms with Crippen molar-refractivity contribution in [2.45, 2.75) is 148 Å². The van der Waals surface area contributed by atoms with Gasteiger partial charge in [-0.1, -0.05) is 153 Å². The van der Waals surface area contributed by atoms with Gasteiger partial charge >= 0.3 is 0 Å². The van der Waals surface area contributed by atoms with Crippen molar-refractivity contribution in [3.8, 4) is 0 Å². The summed E-state index contributed by atoms with van der Waals surface area (Å²) in [7, 11) is 0. The zero-order chi connectivity index (χ0) is 25.4. The summed E-state index contributed by atoms with van der Waals surface area (Å²) in [6.45, 7) is 7.52. The lowest BCUT2D eigenvalue weighted by Crippen LogP contribution is -2.31. The highest BCUT2D eigenvalue weighted by Gasteiger charge is 2.13. The average Bonchev–Trinajstić information content (AvgIpc) is 2.86. The van der Waals surface area contributed by atoms with E-state index in [1.807, 2.05) is 24.3 Å². The monoisotopic (exact) mass is 507 g/mol. The van der Waals surface area contributed by atoms with Crippen LogP contribution in [0.15, 0.2) is 24.3 Å². The molecule has 0 heterocycles. The lowest BCUT2D eigenvalue weighted by Gasteiger charge is -2.25. The molecule has 1 N–H and O–H groups in total. The fourth-order valence-corrected chi connectivity index (χ4v) is 5.10. The first-order valence-electron chi connectivity index (χ1n) is 15.3. The van der Waals surface area contributed by atoms with Gasteiger partial charge in [0.2, 0.25) is 0 Å². The van der Waals surface area contributed by atoms with Gasteiger partial charge in [-0.15, -0.1) is 0 Å². The van der Waals surface area contributed by atoms with E-state index in [9.17, 15) is 5.11 Å². The molecule has 0 aliphatic heterocycles. The Labute approximate surface area is 224 Å². The van der Waals surface area contributed by atoms with Crippen LogP contribution in [0, 0.1) is 0 Å². The van der Waals surface area contributed by atoms with Gasteiger partial charge < -0.3 is 10.0 Å². The van der Waals surface area contributed by atoms with Crippen LogP contribution >= 0.6 is 11.6 Å². The van der Waals surface area contributed by atoms with Crippen molar-refractivity contribution in [2.24, 2.45) is 0 Å². The van der Waals surface area contributed by atoms with Crippen molar-refractivity contribution in [1.82, 2.24) is 4.90 Å². The molecule has 1 atom stereocenters. The van der Waals surface area contributed by atoms with Crippen LogP contribution in [0.25, 0.3) is 0 Å². The number of unbranched alkanes of at least 4 members (excludes halogenated alkanes) is 18. The normalized spacial score (nSPS) is 12.5. The van der Waals surface area contributed by atoms with Gasteiger partial charge in [0, 0.05) is 11.6 Å². The van der Waals surface area contributed by atoms with Crippen molar-refractivity contribution < 1.29 is 5.11 Å². The highest BCUT2D eigenvalue weighted by atomic mass is 35.5. The van der Waals surface area contributed by atoms with E-state index < -0.39 is 6.10 Å². The molecular formula is C32H58ClNO. The SMILES string of the molecule is CCCCCCCCCCCCN(CCCCCCCCCCCC)CC(O)c1ccc(Cl)cc1. The number of aliphatic hydroxyl groups excluding tert-OH is 1. The van der Waals surface area contributed by atoms with E-state index in [4.69, 9.17) is 11.6 Å². The molecule has 0 aliphatic rings. The van der Waals surface area contributed by atoms with Gasteiger partial charge in [0.15, 0.2) is 0 Å². The molecule has 0 radical (unpaired) electrons. The number of nitrogens with zero attached hydrogens (tertiary/aromatic N) is 1. The Hall–Kier alpha value is -0.570. The van der Waals surface area contributed by atoms with E-state index in [0.717, 1.165) is 30.2 Å². The molecule has 35 heavy (non-hydrogen) atoms. The number of halogens is 1. The molecule has 1 aromatic carbocycles. The zero-order valence-electron chi connectivity index (χ0n) is 23.4. The van der Waals surface area contributed by atoms with E-state index in [2.05, 4.69) is 18.7 Å². The number of hydrogen-bond acceptors (Lipinski definition) is 2. The van der Waals surface area contributed by atoms with E-state index in [-0.39, 0.29) is 0 Å². The molecule has 1 unspecified atom stereocenters. The van der Waals surface area contributed by atoms with Gasteiger partial charge in [-0.2, -0.15) is 0 Å². The smallest absolute Gasteiger partial charge is 0.0916 e. The van der Waals surface area contributed by atoms with E-state index in [0.29, 0.717) is 0 Å². The Balaban J connectivity index is 2.25. The standard InChI is InChI=1S/C32H58ClNO/c1-3-5-7-9-11-13-15-17-19-21-27-34(29-32(35)30-23-25-31(33)26-24-30)28-22-20-18-16-14-12-10-8-6-4-2/h23-26,32,35H,3-22,27-29H2,1-2H3. The summed E-state index contributed by atoms with van der Waals surface area (Å²) in [5.41, 5.74) is 0.977. The van der Waals surface area contributed by atoms with Crippen LogP contribution in [0.1, 0.15) is 154 Å². The Morgan fingerprint density at radius 3 is 1.29 bits per heavy atom. The third-order valence-electron chi connectivity index (χ3n) is 7.34. The first-order chi connectivity index (χ1) is 17.2. The largest absolute Gasteiger partial charge is 0.387 e. The van der Waals surface area contributed by atoms with E-state index in [1.165, 1.54) is 128 Å². The quantitative estimate of drug-likeness (QED) is 0.133. The molecule has 1 aromatic rings. The maximum Gasteiger partial charge on any atom is 0.0916 e. The van der Waals surface area contributed by atoms with Gasteiger partial charge in [-0.3, -0.25) is 0 Å². The zero-order valence-corrected chi connectivity index (χ0v) is 24.2. The van der Waals surface area contributed by atoms with Crippen LogP contribution in [0.2, 0.25) is 5.02 Å². The highest BCUT2D eigenvalue weighted by molar-refractivity contribution is 6.30. The number of rotatable bonds is 25.